The molecule has 110 valence electrons. The minimum absolute atomic E-state index is 0.340. The Morgan fingerprint density at radius 1 is 1.47 bits per heavy atom. The molecule has 0 radical (unpaired) electrons. The molecule has 3 heteroatoms. The highest BCUT2D eigenvalue weighted by molar-refractivity contribution is 5.03. The second-order valence-corrected chi connectivity index (χ2v) is 6.57. The third kappa shape index (κ3) is 5.50. The number of rotatable bonds is 8. The molecular formula is C16H31N3. The van der Waals surface area contributed by atoms with Gasteiger partial charge in [-0.1, -0.05) is 20.8 Å². The van der Waals surface area contributed by atoms with E-state index >= 15 is 0 Å². The molecule has 0 aliphatic carbocycles. The SMILES string of the molecule is CCCNC(C)(C#N)CCCN1CCC(C(C)C)C1. The maximum Gasteiger partial charge on any atom is 0.103 e. The van der Waals surface area contributed by atoms with E-state index in [1.165, 1.54) is 19.5 Å². The van der Waals surface area contributed by atoms with Gasteiger partial charge >= 0.3 is 0 Å². The Bertz CT molecular complexity index is 295. The Hall–Kier alpha value is -0.590. The predicted molar refractivity (Wildman–Crippen MR) is 80.9 cm³/mol. The number of hydrogen-bond donors (Lipinski definition) is 1. The van der Waals surface area contributed by atoms with E-state index in [-0.39, 0.29) is 5.54 Å². The van der Waals surface area contributed by atoms with Crippen LogP contribution in [0.4, 0.5) is 0 Å². The van der Waals surface area contributed by atoms with E-state index in [1.54, 1.807) is 0 Å². The van der Waals surface area contributed by atoms with Gasteiger partial charge in [-0.3, -0.25) is 5.32 Å². The van der Waals surface area contributed by atoms with Crippen LogP contribution in [0.2, 0.25) is 0 Å². The Morgan fingerprint density at radius 3 is 2.74 bits per heavy atom. The van der Waals surface area contributed by atoms with Crippen LogP contribution in [-0.2, 0) is 0 Å². The van der Waals surface area contributed by atoms with Crippen molar-refractivity contribution in [1.29, 1.82) is 5.26 Å². The van der Waals surface area contributed by atoms with E-state index in [0.29, 0.717) is 0 Å². The van der Waals surface area contributed by atoms with Crippen LogP contribution in [0.5, 0.6) is 0 Å². The molecule has 1 N–H and O–H groups in total. The van der Waals surface area contributed by atoms with Crippen LogP contribution < -0.4 is 5.32 Å². The third-order valence-corrected chi connectivity index (χ3v) is 4.41. The molecule has 0 aromatic heterocycles. The first-order valence-corrected chi connectivity index (χ1v) is 7.89. The minimum atomic E-state index is -0.340. The number of nitriles is 1. The summed E-state index contributed by atoms with van der Waals surface area (Å²) < 4.78 is 0. The molecule has 1 fully saturated rings. The molecule has 2 unspecified atom stereocenters. The van der Waals surface area contributed by atoms with Crippen molar-refractivity contribution < 1.29 is 0 Å². The molecular weight excluding hydrogens is 234 g/mol. The third-order valence-electron chi connectivity index (χ3n) is 4.41. The lowest BCUT2D eigenvalue weighted by Crippen LogP contribution is -2.42. The van der Waals surface area contributed by atoms with Crippen LogP contribution in [0.25, 0.3) is 0 Å². The van der Waals surface area contributed by atoms with Gasteiger partial charge in [-0.2, -0.15) is 5.26 Å². The largest absolute Gasteiger partial charge is 0.303 e. The summed E-state index contributed by atoms with van der Waals surface area (Å²) >= 11 is 0. The zero-order valence-corrected chi connectivity index (χ0v) is 13.2. The van der Waals surface area contributed by atoms with Gasteiger partial charge in [0.2, 0.25) is 0 Å². The van der Waals surface area contributed by atoms with E-state index in [0.717, 1.165) is 44.2 Å². The fourth-order valence-electron chi connectivity index (χ4n) is 2.85. The summed E-state index contributed by atoms with van der Waals surface area (Å²) in [5.74, 6) is 1.68. The van der Waals surface area contributed by atoms with E-state index in [2.05, 4.69) is 37.1 Å². The standard InChI is InChI=1S/C16H31N3/c1-5-9-18-16(4,13-17)8-6-10-19-11-7-15(12-19)14(2)3/h14-15,18H,5-12H2,1-4H3. The first-order valence-electron chi connectivity index (χ1n) is 7.89. The summed E-state index contributed by atoms with van der Waals surface area (Å²) in [6.07, 6.45) is 4.50. The maximum absolute atomic E-state index is 9.29. The predicted octanol–water partition coefficient (Wildman–Crippen LogP) is 3.03. The van der Waals surface area contributed by atoms with Crippen molar-refractivity contribution in [3.8, 4) is 6.07 Å². The molecule has 0 saturated carbocycles. The molecule has 1 rings (SSSR count). The average molecular weight is 265 g/mol. The summed E-state index contributed by atoms with van der Waals surface area (Å²) in [7, 11) is 0. The zero-order chi connectivity index (χ0) is 14.3. The first kappa shape index (κ1) is 16.5. The molecule has 0 aromatic carbocycles. The molecule has 0 spiro atoms. The van der Waals surface area contributed by atoms with E-state index in [4.69, 9.17) is 0 Å². The highest BCUT2D eigenvalue weighted by Crippen LogP contribution is 2.24. The van der Waals surface area contributed by atoms with Crippen molar-refractivity contribution in [3.05, 3.63) is 0 Å². The summed E-state index contributed by atoms with van der Waals surface area (Å²) in [5.41, 5.74) is -0.340. The first-order chi connectivity index (χ1) is 9.00. The fraction of sp³-hybridized carbons (Fsp3) is 0.938. The molecule has 0 amide bonds. The highest BCUT2D eigenvalue weighted by Gasteiger charge is 2.26. The highest BCUT2D eigenvalue weighted by atomic mass is 15.1. The lowest BCUT2D eigenvalue weighted by molar-refractivity contribution is 0.284. The zero-order valence-electron chi connectivity index (χ0n) is 13.2. The molecule has 0 aromatic rings. The number of nitrogens with zero attached hydrogens (tertiary/aromatic N) is 2. The van der Waals surface area contributed by atoms with Crippen LogP contribution in [-0.4, -0.2) is 36.6 Å². The quantitative estimate of drug-likeness (QED) is 0.733. The number of likely N-dealkylation sites (tertiary alicyclic amines) is 1. The van der Waals surface area contributed by atoms with Gasteiger partial charge in [-0.05, 0) is 64.1 Å². The van der Waals surface area contributed by atoms with Crippen molar-refractivity contribution in [2.75, 3.05) is 26.2 Å². The van der Waals surface area contributed by atoms with Crippen molar-refractivity contribution in [2.45, 2.75) is 58.9 Å². The second-order valence-electron chi connectivity index (χ2n) is 6.57. The number of hydrogen-bond acceptors (Lipinski definition) is 3. The van der Waals surface area contributed by atoms with Crippen LogP contribution in [0.15, 0.2) is 0 Å². The summed E-state index contributed by atoms with van der Waals surface area (Å²) in [5, 5.41) is 12.7. The van der Waals surface area contributed by atoms with E-state index < -0.39 is 0 Å². The van der Waals surface area contributed by atoms with E-state index in [9.17, 15) is 5.26 Å². The van der Waals surface area contributed by atoms with Gasteiger partial charge in [0.05, 0.1) is 6.07 Å². The van der Waals surface area contributed by atoms with Gasteiger partial charge in [0.15, 0.2) is 0 Å². The van der Waals surface area contributed by atoms with Gasteiger partial charge in [0.25, 0.3) is 0 Å². The summed E-state index contributed by atoms with van der Waals surface area (Å²) in [4.78, 5) is 2.57. The van der Waals surface area contributed by atoms with Crippen LogP contribution in [0.1, 0.15) is 53.4 Å². The van der Waals surface area contributed by atoms with Crippen molar-refractivity contribution in [3.63, 3.8) is 0 Å². The Morgan fingerprint density at radius 2 is 2.21 bits per heavy atom. The Kier molecular flexibility index (Phi) is 6.82. The molecule has 1 heterocycles. The van der Waals surface area contributed by atoms with Crippen LogP contribution in [0.3, 0.4) is 0 Å². The van der Waals surface area contributed by atoms with Gasteiger partial charge in [0.1, 0.15) is 5.54 Å². The molecule has 19 heavy (non-hydrogen) atoms. The van der Waals surface area contributed by atoms with Gasteiger partial charge in [-0.15, -0.1) is 0 Å². The average Bonchev–Trinajstić information content (AvgIpc) is 2.85. The smallest absolute Gasteiger partial charge is 0.103 e. The van der Waals surface area contributed by atoms with Crippen molar-refractivity contribution >= 4 is 0 Å². The molecule has 2 atom stereocenters. The Balaban J connectivity index is 2.24. The molecule has 1 aliphatic heterocycles. The van der Waals surface area contributed by atoms with Crippen molar-refractivity contribution in [2.24, 2.45) is 11.8 Å². The number of nitrogens with one attached hydrogen (secondary N) is 1. The Labute approximate surface area is 119 Å². The van der Waals surface area contributed by atoms with Crippen molar-refractivity contribution in [1.82, 2.24) is 10.2 Å². The molecule has 1 aliphatic rings. The molecule has 3 nitrogen and oxygen atoms in total. The molecule has 1 saturated heterocycles. The van der Waals surface area contributed by atoms with Gasteiger partial charge in [-0.25, -0.2) is 0 Å². The van der Waals surface area contributed by atoms with Crippen LogP contribution >= 0.6 is 0 Å². The normalized spacial score (nSPS) is 23.5. The van der Waals surface area contributed by atoms with Gasteiger partial charge in [0, 0.05) is 6.54 Å². The summed E-state index contributed by atoms with van der Waals surface area (Å²) in [6, 6.07) is 2.44. The second kappa shape index (κ2) is 7.87. The maximum atomic E-state index is 9.29. The topological polar surface area (TPSA) is 39.1 Å². The monoisotopic (exact) mass is 265 g/mol. The lowest BCUT2D eigenvalue weighted by Gasteiger charge is -2.24. The summed E-state index contributed by atoms with van der Waals surface area (Å²) in [6.45, 7) is 13.4. The van der Waals surface area contributed by atoms with Crippen LogP contribution in [0, 0.1) is 23.2 Å². The van der Waals surface area contributed by atoms with E-state index in [1.807, 2.05) is 6.92 Å². The van der Waals surface area contributed by atoms with Gasteiger partial charge < -0.3 is 4.90 Å². The minimum Gasteiger partial charge on any atom is -0.303 e. The fourth-order valence-corrected chi connectivity index (χ4v) is 2.85. The molecule has 0 bridgehead atoms. The lowest BCUT2D eigenvalue weighted by atomic mass is 9.95.